The Morgan fingerprint density at radius 1 is 1.00 bits per heavy atom. The normalized spacial score (nSPS) is 12.7. The highest BCUT2D eigenvalue weighted by Crippen LogP contribution is 2.40. The Labute approximate surface area is 128 Å². The molecule has 0 fully saturated rings. The minimum atomic E-state index is -0.167. The van der Waals surface area contributed by atoms with Crippen LogP contribution in [0.1, 0.15) is 26.3 Å². The summed E-state index contributed by atoms with van der Waals surface area (Å²) in [5.74, 6) is 1.05. The van der Waals surface area contributed by atoms with Crippen LogP contribution in [0.3, 0.4) is 0 Å². The lowest BCUT2D eigenvalue weighted by Gasteiger charge is -2.22. The maximum Gasteiger partial charge on any atom is 0.147 e. The van der Waals surface area contributed by atoms with Gasteiger partial charge in [0, 0.05) is 11.6 Å². The summed E-state index contributed by atoms with van der Waals surface area (Å²) in [4.78, 5) is 1.96. The first-order valence-electron chi connectivity index (χ1n) is 7.34. The molecule has 2 aromatic carbocycles. The molecule has 4 aromatic rings. The molecule has 4 rings (SSSR count). The maximum absolute atomic E-state index is 10.7. The monoisotopic (exact) mass is 297 g/mol. The van der Waals surface area contributed by atoms with Crippen LogP contribution in [0.15, 0.2) is 36.4 Å². The van der Waals surface area contributed by atoms with Crippen molar-refractivity contribution in [2.45, 2.75) is 26.2 Å². The Kier molecular flexibility index (Phi) is 2.39. The van der Waals surface area contributed by atoms with Crippen LogP contribution in [0, 0.1) is 0 Å². The number of phenols is 1. The highest BCUT2D eigenvalue weighted by Gasteiger charge is 2.29. The van der Waals surface area contributed by atoms with E-state index in [2.05, 4.69) is 32.9 Å². The van der Waals surface area contributed by atoms with Gasteiger partial charge >= 0.3 is 0 Å². The zero-order valence-electron chi connectivity index (χ0n) is 13.2. The molecule has 0 aliphatic heterocycles. The second-order valence-electron chi connectivity index (χ2n) is 6.65. The van der Waals surface area contributed by atoms with Gasteiger partial charge in [-0.3, -0.25) is 0 Å². The standard InChI is InChI=1S/C17H19N3O2/c1-17(2,3)12-9-11(22-4)10-15(16(12)21)20-18-13-7-5-6-8-14(13)19(18)20/h5-10,21H,1-4H3. The van der Waals surface area contributed by atoms with Gasteiger partial charge in [-0.05, 0) is 23.6 Å². The number of para-hydroxylation sites is 2. The van der Waals surface area contributed by atoms with Crippen molar-refractivity contribution in [3.8, 4) is 17.2 Å². The zero-order chi connectivity index (χ0) is 15.6. The average molecular weight is 297 g/mol. The number of methoxy groups -OCH3 is 1. The molecule has 0 aliphatic carbocycles. The van der Waals surface area contributed by atoms with Crippen molar-refractivity contribution in [2.75, 3.05) is 7.11 Å². The first-order valence-corrected chi connectivity index (χ1v) is 7.34. The highest BCUT2D eigenvalue weighted by atomic mass is 16.5. The fraction of sp³-hybridized carbons (Fsp3) is 0.294. The number of hydrogen-bond acceptors (Lipinski definition) is 2. The molecule has 0 spiro atoms. The van der Waals surface area contributed by atoms with E-state index in [1.54, 1.807) is 7.11 Å². The van der Waals surface area contributed by atoms with Gasteiger partial charge in [0.1, 0.15) is 28.2 Å². The lowest BCUT2D eigenvalue weighted by molar-refractivity contribution is 0.404. The molecule has 0 atom stereocenters. The second-order valence-corrected chi connectivity index (χ2v) is 6.65. The highest BCUT2D eigenvalue weighted by molar-refractivity contribution is 5.79. The van der Waals surface area contributed by atoms with Crippen LogP contribution in [0.25, 0.3) is 16.7 Å². The van der Waals surface area contributed by atoms with E-state index in [0.29, 0.717) is 5.75 Å². The Morgan fingerprint density at radius 2 is 1.59 bits per heavy atom. The van der Waals surface area contributed by atoms with Crippen molar-refractivity contribution in [1.29, 1.82) is 0 Å². The number of benzene rings is 2. The third-order valence-corrected chi connectivity index (χ3v) is 4.14. The molecule has 5 nitrogen and oxygen atoms in total. The van der Waals surface area contributed by atoms with Crippen LogP contribution in [-0.4, -0.2) is 26.3 Å². The molecule has 0 amide bonds. The number of hydrogen-bond donors (Lipinski definition) is 1. The SMILES string of the molecule is COc1cc(-n2n3c4ccccc4n23)c(O)c(C(C)(C)C)c1. The van der Waals surface area contributed by atoms with Crippen LogP contribution >= 0.6 is 0 Å². The van der Waals surface area contributed by atoms with E-state index in [1.165, 1.54) is 0 Å². The van der Waals surface area contributed by atoms with E-state index in [0.717, 1.165) is 28.0 Å². The predicted molar refractivity (Wildman–Crippen MR) is 85.8 cm³/mol. The van der Waals surface area contributed by atoms with Gasteiger partial charge < -0.3 is 9.84 Å². The maximum atomic E-state index is 10.7. The molecule has 0 unspecified atom stereocenters. The number of aromatic nitrogens is 3. The molecule has 2 heterocycles. The molecular weight excluding hydrogens is 278 g/mol. The lowest BCUT2D eigenvalue weighted by Crippen LogP contribution is -2.12. The fourth-order valence-electron chi connectivity index (χ4n) is 2.93. The van der Waals surface area contributed by atoms with Gasteiger partial charge in [-0.1, -0.05) is 32.9 Å². The summed E-state index contributed by atoms with van der Waals surface area (Å²) in [5, 5.41) is 10.7. The molecule has 0 saturated carbocycles. The smallest absolute Gasteiger partial charge is 0.147 e. The van der Waals surface area contributed by atoms with Crippen molar-refractivity contribution >= 4 is 11.0 Å². The topological polar surface area (TPSA) is 43.2 Å². The van der Waals surface area contributed by atoms with E-state index < -0.39 is 0 Å². The predicted octanol–water partition coefficient (Wildman–Crippen LogP) is 3.43. The Bertz CT molecular complexity index is 924. The first kappa shape index (κ1) is 13.1. The largest absolute Gasteiger partial charge is 0.505 e. The number of phenolic OH excluding ortho intramolecular Hbond substituents is 1. The third-order valence-electron chi connectivity index (χ3n) is 4.14. The molecule has 0 saturated heterocycles. The summed E-state index contributed by atoms with van der Waals surface area (Å²) in [7, 11) is 1.65. The van der Waals surface area contributed by atoms with Crippen LogP contribution in [0.2, 0.25) is 0 Å². The summed E-state index contributed by atoms with van der Waals surface area (Å²) in [6.07, 6.45) is 0. The summed E-state index contributed by atoms with van der Waals surface area (Å²) in [6, 6.07) is 11.9. The van der Waals surface area contributed by atoms with Crippen LogP contribution in [-0.2, 0) is 5.41 Å². The number of nitrogens with zero attached hydrogens (tertiary/aromatic N) is 3. The van der Waals surface area contributed by atoms with Crippen LogP contribution < -0.4 is 4.74 Å². The Hall–Kier alpha value is -2.56. The fourth-order valence-corrected chi connectivity index (χ4v) is 2.93. The summed E-state index contributed by atoms with van der Waals surface area (Å²) in [5.41, 5.74) is 3.73. The van der Waals surface area contributed by atoms with Gasteiger partial charge in [0.05, 0.1) is 7.11 Å². The first-order chi connectivity index (χ1) is 10.4. The second kappa shape index (κ2) is 4.00. The van der Waals surface area contributed by atoms with Crippen molar-refractivity contribution in [2.24, 2.45) is 0 Å². The number of ether oxygens (including phenoxy) is 1. The van der Waals surface area contributed by atoms with Crippen molar-refractivity contribution in [3.05, 3.63) is 42.0 Å². The van der Waals surface area contributed by atoms with E-state index in [-0.39, 0.29) is 5.41 Å². The van der Waals surface area contributed by atoms with Gasteiger partial charge in [-0.25, -0.2) is 0 Å². The molecule has 114 valence electrons. The average Bonchev–Trinajstić information content (AvgIpc) is 3.12. The molecule has 1 N–H and O–H groups in total. The third kappa shape index (κ3) is 1.59. The quantitative estimate of drug-likeness (QED) is 0.616. The van der Waals surface area contributed by atoms with Crippen molar-refractivity contribution in [1.82, 2.24) is 14.1 Å². The van der Waals surface area contributed by atoms with E-state index in [1.807, 2.05) is 38.3 Å². The molecule has 22 heavy (non-hydrogen) atoms. The summed E-state index contributed by atoms with van der Waals surface area (Å²) >= 11 is 0. The molecule has 5 heteroatoms. The Balaban J connectivity index is 1.96. The molecule has 0 radical (unpaired) electrons. The summed E-state index contributed by atoms with van der Waals surface area (Å²) < 4.78 is 9.46. The summed E-state index contributed by atoms with van der Waals surface area (Å²) in [6.45, 7) is 6.24. The lowest BCUT2D eigenvalue weighted by atomic mass is 9.86. The van der Waals surface area contributed by atoms with Crippen molar-refractivity contribution < 1.29 is 9.84 Å². The van der Waals surface area contributed by atoms with Gasteiger partial charge in [0.2, 0.25) is 0 Å². The minimum Gasteiger partial charge on any atom is -0.505 e. The molecule has 0 bridgehead atoms. The molecule has 0 aliphatic rings. The van der Waals surface area contributed by atoms with Crippen LogP contribution in [0.5, 0.6) is 11.5 Å². The van der Waals surface area contributed by atoms with Gasteiger partial charge in [-0.2, -0.15) is 0 Å². The van der Waals surface area contributed by atoms with E-state index >= 15 is 0 Å². The number of aromatic hydroxyl groups is 1. The minimum absolute atomic E-state index is 0.167. The Morgan fingerprint density at radius 3 is 2.09 bits per heavy atom. The van der Waals surface area contributed by atoms with Gasteiger partial charge in [-0.15, -0.1) is 14.1 Å². The van der Waals surface area contributed by atoms with E-state index in [9.17, 15) is 5.11 Å². The molecule has 2 aromatic heterocycles. The van der Waals surface area contributed by atoms with Gasteiger partial charge in [0.15, 0.2) is 0 Å². The van der Waals surface area contributed by atoms with E-state index in [4.69, 9.17) is 4.74 Å². The number of rotatable bonds is 2. The molecular formula is C17H19N3O2. The van der Waals surface area contributed by atoms with Crippen molar-refractivity contribution in [3.63, 3.8) is 0 Å². The zero-order valence-corrected chi connectivity index (χ0v) is 13.2. The van der Waals surface area contributed by atoms with Crippen LogP contribution in [0.4, 0.5) is 0 Å². The number of fused-ring (bicyclic) bond motifs is 4. The van der Waals surface area contributed by atoms with Gasteiger partial charge in [0.25, 0.3) is 0 Å².